The molecule has 0 aliphatic carbocycles. The predicted octanol–water partition coefficient (Wildman–Crippen LogP) is 0.000900. The van der Waals surface area contributed by atoms with Crippen molar-refractivity contribution in [3.8, 4) is 0 Å². The van der Waals surface area contributed by atoms with Gasteiger partial charge in [-0.3, -0.25) is 4.79 Å². The molecule has 0 aliphatic heterocycles. The number of hydrogen-bond acceptors (Lipinski definition) is 3. The van der Waals surface area contributed by atoms with Crippen LogP contribution >= 0.6 is 0 Å². The number of carbonyl (C=O) groups is 1. The van der Waals surface area contributed by atoms with Crippen LogP contribution in [0.1, 0.15) is 33.6 Å². The lowest BCUT2D eigenvalue weighted by Gasteiger charge is -2.24. The summed E-state index contributed by atoms with van der Waals surface area (Å²) in [6, 6.07) is -0.229. The molecule has 4 heteroatoms. The van der Waals surface area contributed by atoms with Gasteiger partial charge in [-0.1, -0.05) is 13.3 Å². The van der Waals surface area contributed by atoms with Gasteiger partial charge in [0, 0.05) is 6.04 Å². The van der Waals surface area contributed by atoms with Crippen LogP contribution in [-0.2, 0) is 4.79 Å². The number of carbonyl (C=O) groups excluding carboxylic acids is 1. The standard InChI is InChI=1S/C9H20N2O2/c1-4-5-9(3,10)8(13)11-7(2)6-12/h7,12H,4-6,10H2,1-3H3,(H,11,13). The fourth-order valence-corrected chi connectivity index (χ4v) is 1.07. The van der Waals surface area contributed by atoms with E-state index in [1.807, 2.05) is 6.92 Å². The molecule has 0 rings (SSSR count). The molecule has 1 amide bonds. The van der Waals surface area contributed by atoms with Crippen molar-refractivity contribution in [2.75, 3.05) is 6.61 Å². The molecule has 2 unspecified atom stereocenters. The Labute approximate surface area is 79.5 Å². The lowest BCUT2D eigenvalue weighted by atomic mass is 9.96. The van der Waals surface area contributed by atoms with Crippen molar-refractivity contribution in [2.45, 2.75) is 45.2 Å². The highest BCUT2D eigenvalue weighted by molar-refractivity contribution is 5.85. The summed E-state index contributed by atoms with van der Waals surface area (Å²) < 4.78 is 0. The Kier molecular flexibility index (Phi) is 4.95. The predicted molar refractivity (Wildman–Crippen MR) is 52.2 cm³/mol. The minimum atomic E-state index is -0.821. The van der Waals surface area contributed by atoms with Gasteiger partial charge in [0.05, 0.1) is 12.1 Å². The second kappa shape index (κ2) is 5.19. The van der Waals surface area contributed by atoms with Gasteiger partial charge in [0.2, 0.25) is 5.91 Å². The summed E-state index contributed by atoms with van der Waals surface area (Å²) in [6.07, 6.45) is 1.52. The molecule has 0 fully saturated rings. The molecule has 2 atom stereocenters. The molecule has 0 saturated carbocycles. The van der Waals surface area contributed by atoms with Gasteiger partial charge in [-0.2, -0.15) is 0 Å². The fraction of sp³-hybridized carbons (Fsp3) is 0.889. The molecular weight excluding hydrogens is 168 g/mol. The van der Waals surface area contributed by atoms with Gasteiger partial charge in [0.1, 0.15) is 0 Å². The third-order valence-electron chi connectivity index (χ3n) is 1.94. The van der Waals surface area contributed by atoms with E-state index in [1.54, 1.807) is 13.8 Å². The first-order valence-corrected chi connectivity index (χ1v) is 4.64. The monoisotopic (exact) mass is 188 g/mol. The van der Waals surface area contributed by atoms with E-state index in [9.17, 15) is 4.79 Å². The Bertz CT molecular complexity index is 169. The zero-order chi connectivity index (χ0) is 10.5. The van der Waals surface area contributed by atoms with E-state index in [1.165, 1.54) is 0 Å². The molecule has 0 aromatic carbocycles. The maximum Gasteiger partial charge on any atom is 0.240 e. The highest BCUT2D eigenvalue weighted by Gasteiger charge is 2.27. The number of aliphatic hydroxyl groups excluding tert-OH is 1. The molecule has 0 aromatic rings. The molecule has 0 saturated heterocycles. The van der Waals surface area contributed by atoms with E-state index in [0.717, 1.165) is 6.42 Å². The minimum absolute atomic E-state index is 0.0616. The van der Waals surface area contributed by atoms with Gasteiger partial charge in [-0.15, -0.1) is 0 Å². The normalized spacial score (nSPS) is 17.6. The average Bonchev–Trinajstić information content (AvgIpc) is 2.04. The number of amides is 1. The van der Waals surface area contributed by atoms with Crippen molar-refractivity contribution in [3.63, 3.8) is 0 Å². The van der Waals surface area contributed by atoms with Crippen LogP contribution in [0.5, 0.6) is 0 Å². The van der Waals surface area contributed by atoms with E-state index in [0.29, 0.717) is 6.42 Å². The van der Waals surface area contributed by atoms with Gasteiger partial charge in [0.25, 0.3) is 0 Å². The van der Waals surface area contributed by atoms with Gasteiger partial charge < -0.3 is 16.2 Å². The average molecular weight is 188 g/mol. The van der Waals surface area contributed by atoms with Crippen LogP contribution in [-0.4, -0.2) is 29.2 Å². The number of nitrogens with one attached hydrogen (secondary N) is 1. The van der Waals surface area contributed by atoms with Crippen LogP contribution in [0.15, 0.2) is 0 Å². The molecule has 4 nitrogen and oxygen atoms in total. The summed E-state index contributed by atoms with van der Waals surface area (Å²) >= 11 is 0. The van der Waals surface area contributed by atoms with E-state index < -0.39 is 5.54 Å². The zero-order valence-electron chi connectivity index (χ0n) is 8.63. The maximum absolute atomic E-state index is 11.5. The highest BCUT2D eigenvalue weighted by atomic mass is 16.3. The van der Waals surface area contributed by atoms with Gasteiger partial charge >= 0.3 is 0 Å². The van der Waals surface area contributed by atoms with Crippen LogP contribution < -0.4 is 11.1 Å². The van der Waals surface area contributed by atoms with Gasteiger partial charge in [0.15, 0.2) is 0 Å². The van der Waals surface area contributed by atoms with Crippen molar-refractivity contribution in [3.05, 3.63) is 0 Å². The number of hydrogen-bond donors (Lipinski definition) is 3. The molecule has 0 spiro atoms. The number of nitrogens with two attached hydrogens (primary N) is 1. The molecule has 0 heterocycles. The van der Waals surface area contributed by atoms with Crippen LogP contribution in [0.2, 0.25) is 0 Å². The van der Waals surface area contributed by atoms with Crippen molar-refractivity contribution in [1.82, 2.24) is 5.32 Å². The van der Waals surface area contributed by atoms with Crippen molar-refractivity contribution in [1.29, 1.82) is 0 Å². The SMILES string of the molecule is CCCC(C)(N)C(=O)NC(C)CO. The van der Waals surface area contributed by atoms with Crippen LogP contribution in [0.25, 0.3) is 0 Å². The highest BCUT2D eigenvalue weighted by Crippen LogP contribution is 2.08. The zero-order valence-corrected chi connectivity index (χ0v) is 8.63. The summed E-state index contributed by atoms with van der Waals surface area (Å²) in [6.45, 7) is 5.36. The smallest absolute Gasteiger partial charge is 0.240 e. The second-order valence-corrected chi connectivity index (χ2v) is 3.72. The molecular formula is C9H20N2O2. The topological polar surface area (TPSA) is 75.4 Å². The minimum Gasteiger partial charge on any atom is -0.394 e. The Morgan fingerprint density at radius 3 is 2.62 bits per heavy atom. The van der Waals surface area contributed by atoms with E-state index >= 15 is 0 Å². The first kappa shape index (κ1) is 12.4. The number of rotatable bonds is 5. The van der Waals surface area contributed by atoms with E-state index in [-0.39, 0.29) is 18.6 Å². The maximum atomic E-state index is 11.5. The molecule has 0 aliphatic rings. The molecule has 0 radical (unpaired) electrons. The Balaban J connectivity index is 4.08. The largest absolute Gasteiger partial charge is 0.394 e. The summed E-state index contributed by atoms with van der Waals surface area (Å²) in [5, 5.41) is 11.4. The van der Waals surface area contributed by atoms with Crippen LogP contribution in [0.4, 0.5) is 0 Å². The summed E-state index contributed by atoms with van der Waals surface area (Å²) in [4.78, 5) is 11.5. The fourth-order valence-electron chi connectivity index (χ4n) is 1.07. The lowest BCUT2D eigenvalue weighted by molar-refractivity contribution is -0.126. The summed E-state index contributed by atoms with van der Waals surface area (Å²) in [7, 11) is 0. The second-order valence-electron chi connectivity index (χ2n) is 3.72. The van der Waals surface area contributed by atoms with E-state index in [4.69, 9.17) is 10.8 Å². The lowest BCUT2D eigenvalue weighted by Crippen LogP contribution is -2.54. The molecule has 78 valence electrons. The molecule has 13 heavy (non-hydrogen) atoms. The molecule has 0 aromatic heterocycles. The Morgan fingerprint density at radius 2 is 2.23 bits per heavy atom. The quantitative estimate of drug-likeness (QED) is 0.568. The van der Waals surface area contributed by atoms with Crippen molar-refractivity contribution in [2.24, 2.45) is 5.73 Å². The number of aliphatic hydroxyl groups is 1. The van der Waals surface area contributed by atoms with Crippen molar-refractivity contribution >= 4 is 5.91 Å². The summed E-state index contributed by atoms with van der Waals surface area (Å²) in [5.74, 6) is -0.198. The Hall–Kier alpha value is -0.610. The van der Waals surface area contributed by atoms with E-state index in [2.05, 4.69) is 5.32 Å². The van der Waals surface area contributed by atoms with Gasteiger partial charge in [-0.25, -0.2) is 0 Å². The van der Waals surface area contributed by atoms with Gasteiger partial charge in [-0.05, 0) is 20.3 Å². The Morgan fingerprint density at radius 1 is 1.69 bits per heavy atom. The first-order valence-electron chi connectivity index (χ1n) is 4.64. The first-order chi connectivity index (χ1) is 5.94. The third-order valence-corrected chi connectivity index (χ3v) is 1.94. The summed E-state index contributed by atoms with van der Waals surface area (Å²) in [5.41, 5.74) is 4.96. The van der Waals surface area contributed by atoms with Crippen LogP contribution in [0.3, 0.4) is 0 Å². The van der Waals surface area contributed by atoms with Crippen LogP contribution in [0, 0.1) is 0 Å². The molecule has 0 bridgehead atoms. The van der Waals surface area contributed by atoms with Crippen molar-refractivity contribution < 1.29 is 9.90 Å². The third kappa shape index (κ3) is 4.24. The molecule has 4 N–H and O–H groups in total.